The molecule has 2 heterocycles. The molecule has 0 atom stereocenters. The molecule has 0 radical (unpaired) electrons. The molecule has 2 rings (SSSR count). The zero-order valence-corrected chi connectivity index (χ0v) is 10.7. The van der Waals surface area contributed by atoms with Crippen LogP contribution in [0.1, 0.15) is 20.3 Å². The number of carbonyl (C=O) groups is 1. The summed E-state index contributed by atoms with van der Waals surface area (Å²) < 4.78 is 0. The van der Waals surface area contributed by atoms with Crippen LogP contribution in [0.5, 0.6) is 0 Å². The molecule has 2 fully saturated rings. The third kappa shape index (κ3) is 2.48. The molecule has 0 spiro atoms. The summed E-state index contributed by atoms with van der Waals surface area (Å²) in [6.45, 7) is 10.2. The molecule has 0 aliphatic carbocycles. The van der Waals surface area contributed by atoms with Gasteiger partial charge in [0.2, 0.25) is 0 Å². The summed E-state index contributed by atoms with van der Waals surface area (Å²) >= 11 is 0. The lowest BCUT2D eigenvalue weighted by Gasteiger charge is -2.47. The van der Waals surface area contributed by atoms with E-state index in [9.17, 15) is 4.79 Å². The molecule has 0 unspecified atom stereocenters. The summed E-state index contributed by atoms with van der Waals surface area (Å²) in [4.78, 5) is 18.5. The fourth-order valence-electron chi connectivity index (χ4n) is 2.56. The summed E-state index contributed by atoms with van der Waals surface area (Å²) in [7, 11) is 2.13. The molecule has 0 bridgehead atoms. The fraction of sp³-hybridized carbons (Fsp3) is 0.917. The van der Waals surface area contributed by atoms with E-state index in [1.807, 2.05) is 9.80 Å². The van der Waals surface area contributed by atoms with Crippen molar-refractivity contribution in [2.45, 2.75) is 20.3 Å². The van der Waals surface area contributed by atoms with Crippen LogP contribution in [-0.4, -0.2) is 67.0 Å². The molecule has 0 aromatic rings. The van der Waals surface area contributed by atoms with Crippen LogP contribution in [0.25, 0.3) is 0 Å². The first kappa shape index (κ1) is 11.7. The van der Waals surface area contributed by atoms with E-state index in [-0.39, 0.29) is 6.03 Å². The van der Waals surface area contributed by atoms with Crippen LogP contribution in [0.4, 0.5) is 4.79 Å². The van der Waals surface area contributed by atoms with Crippen LogP contribution in [0.15, 0.2) is 0 Å². The van der Waals surface area contributed by atoms with Crippen LogP contribution >= 0.6 is 0 Å². The van der Waals surface area contributed by atoms with Gasteiger partial charge in [0.25, 0.3) is 0 Å². The third-order valence-corrected chi connectivity index (χ3v) is 3.50. The van der Waals surface area contributed by atoms with E-state index in [0.29, 0.717) is 5.41 Å². The number of carbonyl (C=O) groups excluding carboxylic acids is 1. The Kier molecular flexibility index (Phi) is 3.10. The maximum Gasteiger partial charge on any atom is 0.320 e. The normalized spacial score (nSPS) is 26.2. The van der Waals surface area contributed by atoms with Crippen molar-refractivity contribution < 1.29 is 4.79 Å². The number of likely N-dealkylation sites (tertiary alicyclic amines) is 1. The molecule has 0 saturated carbocycles. The van der Waals surface area contributed by atoms with Crippen molar-refractivity contribution in [2.75, 3.05) is 46.3 Å². The molecule has 0 N–H and O–H groups in total. The van der Waals surface area contributed by atoms with E-state index in [2.05, 4.69) is 25.8 Å². The molecule has 2 aliphatic rings. The molecular weight excluding hydrogens is 202 g/mol. The number of amides is 2. The minimum absolute atomic E-state index is 0.245. The van der Waals surface area contributed by atoms with E-state index < -0.39 is 0 Å². The van der Waals surface area contributed by atoms with Gasteiger partial charge in [0, 0.05) is 38.1 Å². The van der Waals surface area contributed by atoms with Gasteiger partial charge in [0.1, 0.15) is 0 Å². The van der Waals surface area contributed by atoms with Crippen molar-refractivity contribution in [3.8, 4) is 0 Å². The number of likely N-dealkylation sites (N-methyl/N-ethyl adjacent to an activating group) is 1. The molecule has 16 heavy (non-hydrogen) atoms. The summed E-state index contributed by atoms with van der Waals surface area (Å²) in [5.74, 6) is 0. The Bertz CT molecular complexity index is 269. The topological polar surface area (TPSA) is 26.8 Å². The Labute approximate surface area is 98.2 Å². The van der Waals surface area contributed by atoms with E-state index in [0.717, 1.165) is 45.7 Å². The number of rotatable bonds is 0. The van der Waals surface area contributed by atoms with Crippen LogP contribution < -0.4 is 0 Å². The van der Waals surface area contributed by atoms with Gasteiger partial charge < -0.3 is 14.7 Å². The second-order valence-electron chi connectivity index (χ2n) is 5.95. The molecule has 2 saturated heterocycles. The first-order valence-electron chi connectivity index (χ1n) is 6.20. The number of urea groups is 1. The predicted molar refractivity (Wildman–Crippen MR) is 64.4 cm³/mol. The van der Waals surface area contributed by atoms with Crippen molar-refractivity contribution in [2.24, 2.45) is 5.41 Å². The average molecular weight is 225 g/mol. The third-order valence-electron chi connectivity index (χ3n) is 3.50. The molecule has 4 heteroatoms. The Balaban J connectivity index is 1.85. The van der Waals surface area contributed by atoms with E-state index in [1.165, 1.54) is 0 Å². The van der Waals surface area contributed by atoms with Gasteiger partial charge in [-0.25, -0.2) is 4.79 Å². The van der Waals surface area contributed by atoms with Crippen molar-refractivity contribution in [1.29, 1.82) is 0 Å². The van der Waals surface area contributed by atoms with Crippen molar-refractivity contribution in [3.63, 3.8) is 0 Å². The Morgan fingerprint density at radius 2 is 1.69 bits per heavy atom. The summed E-state index contributed by atoms with van der Waals surface area (Å²) in [5.41, 5.74) is 0.332. The Morgan fingerprint density at radius 3 is 2.31 bits per heavy atom. The number of nitrogens with zero attached hydrogens (tertiary/aromatic N) is 3. The van der Waals surface area contributed by atoms with Crippen LogP contribution in [0.3, 0.4) is 0 Å². The van der Waals surface area contributed by atoms with Crippen LogP contribution in [0, 0.1) is 5.41 Å². The first-order valence-corrected chi connectivity index (χ1v) is 6.20. The highest BCUT2D eigenvalue weighted by Crippen LogP contribution is 2.29. The first-order chi connectivity index (χ1) is 7.48. The smallest absolute Gasteiger partial charge is 0.320 e. The minimum Gasteiger partial charge on any atom is -0.323 e. The maximum atomic E-state index is 12.2. The minimum atomic E-state index is 0.245. The van der Waals surface area contributed by atoms with Crippen LogP contribution in [-0.2, 0) is 0 Å². The number of hydrogen-bond donors (Lipinski definition) is 0. The predicted octanol–water partition coefficient (Wildman–Crippen LogP) is 1.09. The Hall–Kier alpha value is -0.770. The van der Waals surface area contributed by atoms with Gasteiger partial charge in [-0.3, -0.25) is 0 Å². The second-order valence-corrected chi connectivity index (χ2v) is 5.95. The average Bonchev–Trinajstić information content (AvgIpc) is 2.38. The SMILES string of the molecule is CN1CCCN(C(=O)N2CC(C)(C)C2)CC1. The quantitative estimate of drug-likeness (QED) is 0.617. The molecule has 2 aliphatic heterocycles. The lowest BCUT2D eigenvalue weighted by Crippen LogP contribution is -2.59. The summed E-state index contributed by atoms with van der Waals surface area (Å²) in [6, 6.07) is 0.245. The molecular formula is C12H23N3O. The lowest BCUT2D eigenvalue weighted by atomic mass is 9.85. The molecule has 92 valence electrons. The van der Waals surface area contributed by atoms with Gasteiger partial charge in [-0.05, 0) is 20.0 Å². The fourth-order valence-corrected chi connectivity index (χ4v) is 2.56. The van der Waals surface area contributed by atoms with E-state index >= 15 is 0 Å². The molecule has 4 nitrogen and oxygen atoms in total. The van der Waals surface area contributed by atoms with Gasteiger partial charge in [-0.15, -0.1) is 0 Å². The molecule has 0 aromatic heterocycles. The molecule has 2 amide bonds. The van der Waals surface area contributed by atoms with Gasteiger partial charge in [0.05, 0.1) is 0 Å². The standard InChI is InChI=1S/C12H23N3O/c1-12(2)9-15(10-12)11(16)14-6-4-5-13(3)7-8-14/h4-10H2,1-3H3. The zero-order valence-electron chi connectivity index (χ0n) is 10.7. The lowest BCUT2D eigenvalue weighted by molar-refractivity contribution is 0.0431. The zero-order chi connectivity index (χ0) is 11.8. The molecule has 0 aromatic carbocycles. The van der Waals surface area contributed by atoms with Crippen molar-refractivity contribution in [3.05, 3.63) is 0 Å². The van der Waals surface area contributed by atoms with Crippen LogP contribution in [0.2, 0.25) is 0 Å². The Morgan fingerprint density at radius 1 is 1.00 bits per heavy atom. The van der Waals surface area contributed by atoms with Gasteiger partial charge in [-0.2, -0.15) is 0 Å². The second kappa shape index (κ2) is 4.24. The van der Waals surface area contributed by atoms with Crippen molar-refractivity contribution in [1.82, 2.24) is 14.7 Å². The van der Waals surface area contributed by atoms with E-state index in [4.69, 9.17) is 0 Å². The van der Waals surface area contributed by atoms with Gasteiger partial charge in [0.15, 0.2) is 0 Å². The highest BCUT2D eigenvalue weighted by molar-refractivity contribution is 5.75. The highest BCUT2D eigenvalue weighted by Gasteiger charge is 2.38. The van der Waals surface area contributed by atoms with Gasteiger partial charge >= 0.3 is 6.03 Å². The monoisotopic (exact) mass is 225 g/mol. The summed E-state index contributed by atoms with van der Waals surface area (Å²) in [5, 5.41) is 0. The van der Waals surface area contributed by atoms with Crippen molar-refractivity contribution >= 4 is 6.03 Å². The largest absolute Gasteiger partial charge is 0.323 e. The maximum absolute atomic E-state index is 12.2. The highest BCUT2D eigenvalue weighted by atomic mass is 16.2. The number of hydrogen-bond acceptors (Lipinski definition) is 2. The van der Waals surface area contributed by atoms with E-state index in [1.54, 1.807) is 0 Å². The van der Waals surface area contributed by atoms with Gasteiger partial charge in [-0.1, -0.05) is 13.8 Å². The summed E-state index contributed by atoms with van der Waals surface area (Å²) in [6.07, 6.45) is 1.10.